The van der Waals surface area contributed by atoms with E-state index in [1.807, 2.05) is 29.2 Å². The zero-order valence-electron chi connectivity index (χ0n) is 31.4. The van der Waals surface area contributed by atoms with Crippen LogP contribution in [0.25, 0.3) is 21.9 Å². The van der Waals surface area contributed by atoms with Crippen LogP contribution < -0.4 is 20.9 Å². The lowest BCUT2D eigenvalue weighted by Gasteiger charge is -2.40. The molecule has 1 unspecified atom stereocenters. The number of ether oxygens (including phenoxy) is 1. The number of alkyl halides is 3. The zero-order valence-corrected chi connectivity index (χ0v) is 31.4. The summed E-state index contributed by atoms with van der Waals surface area (Å²) in [6.45, 7) is 1.53. The molecule has 3 aliphatic rings. The molecule has 1 atom stereocenters. The fraction of sp³-hybridized carbons (Fsp3) is 0.390. The molecule has 0 bridgehead atoms. The van der Waals surface area contributed by atoms with Gasteiger partial charge in [0.2, 0.25) is 11.8 Å². The number of carbonyl (C=O) groups excluding carboxylic acids is 4. The van der Waals surface area contributed by atoms with Crippen molar-refractivity contribution in [1.29, 1.82) is 0 Å². The maximum absolute atomic E-state index is 14.2. The molecule has 4 aromatic rings. The Hall–Kier alpha value is -5.93. The molecular weight excluding hydrogens is 748 g/mol. The molecular formula is C41H42F4N6O6. The van der Waals surface area contributed by atoms with E-state index in [0.717, 1.165) is 42.3 Å². The van der Waals surface area contributed by atoms with Crippen LogP contribution >= 0.6 is 0 Å². The van der Waals surface area contributed by atoms with Gasteiger partial charge in [-0.25, -0.2) is 9.18 Å². The Balaban J connectivity index is 0.957. The van der Waals surface area contributed by atoms with E-state index in [2.05, 4.69) is 15.4 Å². The second-order valence-electron chi connectivity index (χ2n) is 14.9. The predicted octanol–water partition coefficient (Wildman–Crippen LogP) is 6.00. The van der Waals surface area contributed by atoms with E-state index < -0.39 is 35.4 Å². The van der Waals surface area contributed by atoms with Crippen LogP contribution in [0.3, 0.4) is 0 Å². The van der Waals surface area contributed by atoms with Gasteiger partial charge in [0, 0.05) is 75.6 Å². The number of halogens is 4. The molecule has 1 aromatic heterocycles. The molecule has 300 valence electrons. The molecule has 16 heteroatoms. The zero-order chi connectivity index (χ0) is 40.6. The van der Waals surface area contributed by atoms with Gasteiger partial charge < -0.3 is 29.3 Å². The van der Waals surface area contributed by atoms with Gasteiger partial charge in [-0.05, 0) is 97.0 Å². The van der Waals surface area contributed by atoms with E-state index in [4.69, 9.17) is 0 Å². The maximum atomic E-state index is 14.2. The Morgan fingerprint density at radius 3 is 2.21 bits per heavy atom. The van der Waals surface area contributed by atoms with E-state index in [1.165, 1.54) is 40.9 Å². The highest BCUT2D eigenvalue weighted by atomic mass is 19.4. The van der Waals surface area contributed by atoms with Crippen molar-refractivity contribution in [3.8, 4) is 16.9 Å². The van der Waals surface area contributed by atoms with Crippen molar-refractivity contribution in [3.63, 3.8) is 0 Å². The molecule has 3 saturated heterocycles. The van der Waals surface area contributed by atoms with Gasteiger partial charge >= 0.3 is 12.4 Å². The number of aromatic nitrogens is 1. The maximum Gasteiger partial charge on any atom is 0.573 e. The second kappa shape index (κ2) is 15.9. The number of pyridine rings is 1. The summed E-state index contributed by atoms with van der Waals surface area (Å²) in [4.78, 5) is 68.5. The minimum Gasteiger partial charge on any atom is -0.405 e. The molecule has 0 spiro atoms. The molecule has 7 rings (SSSR count). The van der Waals surface area contributed by atoms with Crippen molar-refractivity contribution in [3.05, 3.63) is 94.2 Å². The van der Waals surface area contributed by atoms with Gasteiger partial charge in [0.25, 0.3) is 11.5 Å². The number of benzene rings is 3. The van der Waals surface area contributed by atoms with Crippen LogP contribution in [-0.4, -0.2) is 94.7 Å². The number of hydrogen-bond donors (Lipinski definition) is 2. The van der Waals surface area contributed by atoms with Crippen molar-refractivity contribution < 1.29 is 41.5 Å². The summed E-state index contributed by atoms with van der Waals surface area (Å²) in [5.41, 5.74) is 1.68. The number of likely N-dealkylation sites (tertiary alicyclic amines) is 2. The fourth-order valence-electron chi connectivity index (χ4n) is 8.04. The lowest BCUT2D eigenvalue weighted by atomic mass is 9.89. The second-order valence-corrected chi connectivity index (χ2v) is 14.9. The molecule has 0 aliphatic carbocycles. The average Bonchev–Trinajstić information content (AvgIpc) is 3.19. The van der Waals surface area contributed by atoms with Crippen LogP contribution in [0.5, 0.6) is 5.75 Å². The van der Waals surface area contributed by atoms with Crippen LogP contribution in [-0.2, 0) is 16.6 Å². The molecule has 12 nitrogen and oxygen atoms in total. The topological polar surface area (TPSA) is 133 Å². The molecule has 3 aliphatic heterocycles. The largest absolute Gasteiger partial charge is 0.573 e. The monoisotopic (exact) mass is 790 g/mol. The standard InChI is InChI=1S/C41H42F4N6O6/c1-48-23-33(32-22-27(42)6-10-30(32)38(48)54)26-5-9-31(35(21-26)57-41(43,44)45)39(55)50-19-15-29(16-20-50)49(2)40(56)51-17-13-25(14-18-51)24-3-7-28(8-4-24)46-34-11-12-36(52)47-37(34)53/h3-10,21-23,25,29,34,46H,11-20H2,1-2H3,(H,47,52,53). The number of fused-ring (bicyclic) bond motifs is 1. The Morgan fingerprint density at radius 1 is 0.860 bits per heavy atom. The number of anilines is 1. The van der Waals surface area contributed by atoms with E-state index in [0.29, 0.717) is 38.8 Å². The smallest absolute Gasteiger partial charge is 0.405 e. The highest BCUT2D eigenvalue weighted by Gasteiger charge is 2.36. The SMILES string of the molecule is CN(C(=O)N1CCC(c2ccc(NC3CCC(=O)NC3=O)cc2)CC1)C1CCN(C(=O)c2ccc(-c3cn(C)c(=O)c4ccc(F)cc34)cc2OC(F)(F)F)CC1. The number of imide groups is 1. The van der Waals surface area contributed by atoms with Gasteiger partial charge in [0.1, 0.15) is 17.6 Å². The number of amides is 5. The van der Waals surface area contributed by atoms with Gasteiger partial charge in [-0.2, -0.15) is 0 Å². The van der Waals surface area contributed by atoms with Gasteiger partial charge in [-0.3, -0.25) is 24.5 Å². The fourth-order valence-corrected chi connectivity index (χ4v) is 8.04. The molecule has 4 heterocycles. The van der Waals surface area contributed by atoms with E-state index in [1.54, 1.807) is 11.9 Å². The van der Waals surface area contributed by atoms with E-state index >= 15 is 0 Å². The molecule has 57 heavy (non-hydrogen) atoms. The molecule has 5 amide bonds. The number of rotatable bonds is 7. The molecule has 0 radical (unpaired) electrons. The summed E-state index contributed by atoms with van der Waals surface area (Å²) >= 11 is 0. The highest BCUT2D eigenvalue weighted by molar-refractivity contribution is 6.02. The lowest BCUT2D eigenvalue weighted by molar-refractivity contribution is -0.274. The molecule has 2 N–H and O–H groups in total. The lowest BCUT2D eigenvalue weighted by Crippen LogP contribution is -2.52. The first-order valence-corrected chi connectivity index (χ1v) is 18.9. The first-order chi connectivity index (χ1) is 27.1. The average molecular weight is 791 g/mol. The number of nitrogens with zero attached hydrogens (tertiary/aromatic N) is 4. The van der Waals surface area contributed by atoms with Crippen LogP contribution in [0.4, 0.5) is 28.0 Å². The summed E-state index contributed by atoms with van der Waals surface area (Å²) in [6.07, 6.45) is -0.608. The molecule has 0 saturated carbocycles. The minimum atomic E-state index is -5.11. The summed E-state index contributed by atoms with van der Waals surface area (Å²) in [5, 5.41) is 5.91. The molecule has 3 fully saturated rings. The van der Waals surface area contributed by atoms with E-state index in [-0.39, 0.29) is 70.4 Å². The van der Waals surface area contributed by atoms with Crippen LogP contribution in [0.1, 0.15) is 60.4 Å². The molecule has 3 aromatic carbocycles. The van der Waals surface area contributed by atoms with Crippen molar-refractivity contribution in [2.24, 2.45) is 7.05 Å². The summed E-state index contributed by atoms with van der Waals surface area (Å²) in [7, 11) is 3.21. The number of aryl methyl sites for hydroxylation is 1. The summed E-state index contributed by atoms with van der Waals surface area (Å²) in [5.74, 6) is -2.35. The third kappa shape index (κ3) is 8.59. The first kappa shape index (κ1) is 39.3. The number of hydrogen-bond acceptors (Lipinski definition) is 7. The number of piperidine rings is 3. The normalized spacial score (nSPS) is 18.4. The third-order valence-electron chi connectivity index (χ3n) is 11.2. The highest BCUT2D eigenvalue weighted by Crippen LogP contribution is 2.36. The predicted molar refractivity (Wildman–Crippen MR) is 203 cm³/mol. The number of nitrogens with one attached hydrogen (secondary N) is 2. The Bertz CT molecular complexity index is 2260. The number of carbonyl (C=O) groups is 4. The quantitative estimate of drug-likeness (QED) is 0.174. The van der Waals surface area contributed by atoms with Gasteiger partial charge in [0.05, 0.1) is 5.56 Å². The Labute approximate surface area is 325 Å². The summed E-state index contributed by atoms with van der Waals surface area (Å²) in [6, 6.07) is 14.4. The number of urea groups is 1. The minimum absolute atomic E-state index is 0.121. The van der Waals surface area contributed by atoms with Crippen molar-refractivity contribution in [2.45, 2.75) is 62.9 Å². The van der Waals surface area contributed by atoms with Gasteiger partial charge in [0.15, 0.2) is 0 Å². The van der Waals surface area contributed by atoms with Crippen molar-refractivity contribution in [2.75, 3.05) is 38.5 Å². The van der Waals surface area contributed by atoms with Crippen LogP contribution in [0.15, 0.2) is 71.7 Å². The van der Waals surface area contributed by atoms with Crippen molar-refractivity contribution in [1.82, 2.24) is 24.6 Å². The van der Waals surface area contributed by atoms with Gasteiger partial charge in [-0.1, -0.05) is 18.2 Å². The Kier molecular flexibility index (Phi) is 11.0. The van der Waals surface area contributed by atoms with Crippen LogP contribution in [0, 0.1) is 5.82 Å². The summed E-state index contributed by atoms with van der Waals surface area (Å²) < 4.78 is 60.8. The van der Waals surface area contributed by atoms with Crippen LogP contribution in [0.2, 0.25) is 0 Å². The van der Waals surface area contributed by atoms with Crippen molar-refractivity contribution >= 4 is 40.2 Å². The van der Waals surface area contributed by atoms with E-state index in [9.17, 15) is 41.5 Å². The first-order valence-electron chi connectivity index (χ1n) is 18.9. The van der Waals surface area contributed by atoms with Gasteiger partial charge in [-0.15, -0.1) is 13.2 Å². The third-order valence-corrected chi connectivity index (χ3v) is 11.2. The Morgan fingerprint density at radius 2 is 1.54 bits per heavy atom.